The monoisotopic (exact) mass is 194 g/mol. The normalized spacial score (nSPS) is 27.0. The minimum Gasteiger partial charge on any atom is -0.353 e. The SMILES string of the molecule is O=C(CC1CCNC1)NC1CC=CC1. The summed E-state index contributed by atoms with van der Waals surface area (Å²) in [7, 11) is 0. The zero-order valence-corrected chi connectivity index (χ0v) is 8.46. The van der Waals surface area contributed by atoms with Crippen LogP contribution in [0.3, 0.4) is 0 Å². The standard InChI is InChI=1S/C11H18N2O/c14-11(7-9-5-6-12-8-9)13-10-3-1-2-4-10/h1-2,9-10,12H,3-8H2,(H,13,14). The van der Waals surface area contributed by atoms with Crippen LogP contribution in [0.5, 0.6) is 0 Å². The average molecular weight is 194 g/mol. The highest BCUT2D eigenvalue weighted by Crippen LogP contribution is 2.14. The molecule has 0 aromatic heterocycles. The molecule has 0 radical (unpaired) electrons. The van der Waals surface area contributed by atoms with Crippen molar-refractivity contribution >= 4 is 5.91 Å². The van der Waals surface area contributed by atoms with Crippen molar-refractivity contribution in [2.24, 2.45) is 5.92 Å². The molecule has 1 aliphatic heterocycles. The Morgan fingerprint density at radius 2 is 2.21 bits per heavy atom. The first-order valence-electron chi connectivity index (χ1n) is 5.49. The molecule has 3 nitrogen and oxygen atoms in total. The van der Waals surface area contributed by atoms with Crippen molar-refractivity contribution in [1.82, 2.24) is 10.6 Å². The number of amides is 1. The molecule has 14 heavy (non-hydrogen) atoms. The van der Waals surface area contributed by atoms with E-state index in [2.05, 4.69) is 22.8 Å². The highest BCUT2D eigenvalue weighted by molar-refractivity contribution is 5.76. The molecule has 2 rings (SSSR count). The van der Waals surface area contributed by atoms with Crippen LogP contribution in [-0.2, 0) is 4.79 Å². The molecule has 3 heteroatoms. The van der Waals surface area contributed by atoms with Gasteiger partial charge in [-0.1, -0.05) is 12.2 Å². The van der Waals surface area contributed by atoms with E-state index in [0.717, 1.165) is 32.4 Å². The molecule has 78 valence electrons. The van der Waals surface area contributed by atoms with E-state index < -0.39 is 0 Å². The molecule has 0 saturated carbocycles. The summed E-state index contributed by atoms with van der Waals surface area (Å²) in [6.45, 7) is 2.08. The van der Waals surface area contributed by atoms with Crippen molar-refractivity contribution in [1.29, 1.82) is 0 Å². The van der Waals surface area contributed by atoms with Gasteiger partial charge >= 0.3 is 0 Å². The fraction of sp³-hybridized carbons (Fsp3) is 0.727. The second-order valence-corrected chi connectivity index (χ2v) is 4.27. The summed E-state index contributed by atoms with van der Waals surface area (Å²) in [5.74, 6) is 0.789. The van der Waals surface area contributed by atoms with E-state index in [4.69, 9.17) is 0 Å². The van der Waals surface area contributed by atoms with Crippen molar-refractivity contribution in [2.45, 2.75) is 31.7 Å². The van der Waals surface area contributed by atoms with E-state index >= 15 is 0 Å². The first-order chi connectivity index (χ1) is 6.84. The van der Waals surface area contributed by atoms with Gasteiger partial charge in [0.2, 0.25) is 5.91 Å². The molecule has 1 aliphatic carbocycles. The third-order valence-electron chi connectivity index (χ3n) is 3.01. The van der Waals surface area contributed by atoms with Crippen LogP contribution in [0.25, 0.3) is 0 Å². The van der Waals surface area contributed by atoms with Crippen LogP contribution < -0.4 is 10.6 Å². The van der Waals surface area contributed by atoms with Crippen molar-refractivity contribution in [3.05, 3.63) is 12.2 Å². The summed E-state index contributed by atoms with van der Waals surface area (Å²) >= 11 is 0. The fourth-order valence-corrected chi connectivity index (χ4v) is 2.17. The van der Waals surface area contributed by atoms with Gasteiger partial charge in [-0.2, -0.15) is 0 Å². The smallest absolute Gasteiger partial charge is 0.220 e. The lowest BCUT2D eigenvalue weighted by Gasteiger charge is -2.13. The maximum atomic E-state index is 11.6. The fourth-order valence-electron chi connectivity index (χ4n) is 2.17. The molecule has 1 unspecified atom stereocenters. The predicted octanol–water partition coefficient (Wildman–Crippen LogP) is 0.821. The molecular formula is C11H18N2O. The Hall–Kier alpha value is -0.830. The quantitative estimate of drug-likeness (QED) is 0.653. The zero-order chi connectivity index (χ0) is 9.80. The third-order valence-corrected chi connectivity index (χ3v) is 3.01. The van der Waals surface area contributed by atoms with Crippen LogP contribution in [0.2, 0.25) is 0 Å². The minimum absolute atomic E-state index is 0.229. The second-order valence-electron chi connectivity index (χ2n) is 4.27. The Kier molecular flexibility index (Phi) is 3.19. The summed E-state index contributed by atoms with van der Waals surface area (Å²) in [4.78, 5) is 11.6. The molecule has 0 aromatic carbocycles. The molecule has 1 amide bonds. The highest BCUT2D eigenvalue weighted by Gasteiger charge is 2.20. The van der Waals surface area contributed by atoms with Gasteiger partial charge in [-0.25, -0.2) is 0 Å². The number of hydrogen-bond acceptors (Lipinski definition) is 2. The van der Waals surface area contributed by atoms with Gasteiger partial charge in [-0.15, -0.1) is 0 Å². The van der Waals surface area contributed by atoms with Gasteiger partial charge in [-0.05, 0) is 38.3 Å². The molecule has 1 atom stereocenters. The Morgan fingerprint density at radius 3 is 2.86 bits per heavy atom. The van der Waals surface area contributed by atoms with E-state index in [1.54, 1.807) is 0 Å². The molecule has 0 spiro atoms. The Labute approximate surface area is 84.9 Å². The largest absolute Gasteiger partial charge is 0.353 e. The van der Waals surface area contributed by atoms with Gasteiger partial charge in [0, 0.05) is 12.5 Å². The first-order valence-corrected chi connectivity index (χ1v) is 5.49. The summed E-state index contributed by atoms with van der Waals surface area (Å²) in [6.07, 6.45) is 8.15. The number of rotatable bonds is 3. The van der Waals surface area contributed by atoms with Crippen LogP contribution in [0.4, 0.5) is 0 Å². The van der Waals surface area contributed by atoms with Gasteiger partial charge < -0.3 is 10.6 Å². The van der Waals surface area contributed by atoms with Crippen LogP contribution in [0.1, 0.15) is 25.7 Å². The molecule has 2 N–H and O–H groups in total. The summed E-state index contributed by atoms with van der Waals surface area (Å²) in [5.41, 5.74) is 0. The number of hydrogen-bond donors (Lipinski definition) is 2. The lowest BCUT2D eigenvalue weighted by Crippen LogP contribution is -2.34. The van der Waals surface area contributed by atoms with E-state index in [-0.39, 0.29) is 5.91 Å². The van der Waals surface area contributed by atoms with Crippen molar-refractivity contribution < 1.29 is 4.79 Å². The highest BCUT2D eigenvalue weighted by atomic mass is 16.1. The molecule has 0 aromatic rings. The molecule has 1 heterocycles. The van der Waals surface area contributed by atoms with Crippen molar-refractivity contribution in [2.75, 3.05) is 13.1 Å². The lowest BCUT2D eigenvalue weighted by molar-refractivity contribution is -0.122. The van der Waals surface area contributed by atoms with E-state index in [1.807, 2.05) is 0 Å². The Balaban J connectivity index is 1.67. The van der Waals surface area contributed by atoms with Gasteiger partial charge in [0.15, 0.2) is 0 Å². The second kappa shape index (κ2) is 4.60. The summed E-state index contributed by atoms with van der Waals surface area (Å²) < 4.78 is 0. The summed E-state index contributed by atoms with van der Waals surface area (Å²) in [5, 5.41) is 6.36. The van der Waals surface area contributed by atoms with Crippen molar-refractivity contribution in [3.63, 3.8) is 0 Å². The first kappa shape index (κ1) is 9.71. The summed E-state index contributed by atoms with van der Waals surface area (Å²) in [6, 6.07) is 0.372. The maximum absolute atomic E-state index is 11.6. The topological polar surface area (TPSA) is 41.1 Å². The maximum Gasteiger partial charge on any atom is 0.220 e. The number of carbonyl (C=O) groups is 1. The van der Waals surface area contributed by atoms with Gasteiger partial charge in [-0.3, -0.25) is 4.79 Å². The van der Waals surface area contributed by atoms with E-state index in [0.29, 0.717) is 18.4 Å². The molecule has 1 saturated heterocycles. The van der Waals surface area contributed by atoms with Crippen molar-refractivity contribution in [3.8, 4) is 0 Å². The number of carbonyl (C=O) groups excluding carboxylic acids is 1. The molecule has 2 aliphatic rings. The molecule has 0 bridgehead atoms. The zero-order valence-electron chi connectivity index (χ0n) is 8.46. The molecular weight excluding hydrogens is 176 g/mol. The van der Waals surface area contributed by atoms with E-state index in [9.17, 15) is 4.79 Å². The average Bonchev–Trinajstić information content (AvgIpc) is 2.76. The third kappa shape index (κ3) is 2.58. The minimum atomic E-state index is 0.229. The van der Waals surface area contributed by atoms with Crippen LogP contribution in [0.15, 0.2) is 12.2 Å². The van der Waals surface area contributed by atoms with Gasteiger partial charge in [0.25, 0.3) is 0 Å². The Morgan fingerprint density at radius 1 is 1.43 bits per heavy atom. The molecule has 1 fully saturated rings. The predicted molar refractivity (Wildman–Crippen MR) is 55.9 cm³/mol. The number of nitrogens with one attached hydrogen (secondary N) is 2. The van der Waals surface area contributed by atoms with Crippen LogP contribution >= 0.6 is 0 Å². The Bertz CT molecular complexity index is 217. The van der Waals surface area contributed by atoms with Gasteiger partial charge in [0.05, 0.1) is 0 Å². The van der Waals surface area contributed by atoms with Crippen LogP contribution in [-0.4, -0.2) is 25.0 Å². The van der Waals surface area contributed by atoms with Crippen LogP contribution in [0, 0.1) is 5.92 Å². The van der Waals surface area contributed by atoms with Gasteiger partial charge in [0.1, 0.15) is 0 Å². The van der Waals surface area contributed by atoms with E-state index in [1.165, 1.54) is 0 Å². The lowest BCUT2D eigenvalue weighted by atomic mass is 10.0.